The van der Waals surface area contributed by atoms with Crippen LogP contribution in [0.3, 0.4) is 0 Å². The summed E-state index contributed by atoms with van der Waals surface area (Å²) in [5, 5.41) is 14.5. The van der Waals surface area contributed by atoms with E-state index >= 15 is 0 Å². The molecule has 0 unspecified atom stereocenters. The highest BCUT2D eigenvalue weighted by Gasteiger charge is 2.45. The molecule has 3 aliphatic rings. The average molecular weight is 496 g/mol. The first kappa shape index (κ1) is 22.6. The molecule has 2 aromatic carbocycles. The number of anilines is 1. The van der Waals surface area contributed by atoms with Gasteiger partial charge in [0.15, 0.2) is 0 Å². The van der Waals surface area contributed by atoms with Crippen molar-refractivity contribution in [1.29, 1.82) is 0 Å². The van der Waals surface area contributed by atoms with Gasteiger partial charge in [-0.2, -0.15) is 5.10 Å². The maximum atomic E-state index is 14.2. The molecule has 6 rings (SSSR count). The van der Waals surface area contributed by atoms with Crippen LogP contribution in [-0.2, 0) is 11.3 Å². The number of aryl methyl sites for hydroxylation is 1. The Bertz CT molecular complexity index is 1280. The molecular weight excluding hydrogens is 469 g/mol. The second-order valence-electron chi connectivity index (χ2n) is 9.99. The summed E-state index contributed by atoms with van der Waals surface area (Å²) in [6.45, 7) is 3.30. The molecule has 1 N–H and O–H groups in total. The molecule has 8 heteroatoms. The van der Waals surface area contributed by atoms with Crippen LogP contribution in [-0.4, -0.2) is 39.5 Å². The summed E-state index contributed by atoms with van der Waals surface area (Å²) >= 11 is 6.57. The summed E-state index contributed by atoms with van der Waals surface area (Å²) in [4.78, 5) is 13.3. The summed E-state index contributed by atoms with van der Waals surface area (Å²) in [5.41, 5.74) is 4.75. The number of carboxylic acids is 1. The number of ether oxygens (including phenoxy) is 1. The lowest BCUT2D eigenvalue weighted by Crippen LogP contribution is -2.38. The summed E-state index contributed by atoms with van der Waals surface area (Å²) in [5.74, 6) is -1.04. The van der Waals surface area contributed by atoms with Crippen molar-refractivity contribution in [2.45, 2.75) is 57.3 Å². The number of fused-ring (bicyclic) bond motifs is 2. The molecule has 2 heterocycles. The zero-order chi connectivity index (χ0) is 24.3. The fourth-order valence-electron chi connectivity index (χ4n) is 5.82. The third-order valence-corrected chi connectivity index (χ3v) is 8.05. The van der Waals surface area contributed by atoms with E-state index < -0.39 is 11.8 Å². The molecule has 3 fully saturated rings. The minimum absolute atomic E-state index is 0.127. The average Bonchev–Trinajstić information content (AvgIpc) is 3.28. The Morgan fingerprint density at radius 2 is 2.09 bits per heavy atom. The van der Waals surface area contributed by atoms with Crippen LogP contribution in [0.5, 0.6) is 0 Å². The highest BCUT2D eigenvalue weighted by atomic mass is 35.5. The summed E-state index contributed by atoms with van der Waals surface area (Å²) < 4.78 is 22.7. The van der Waals surface area contributed by atoms with Gasteiger partial charge in [0.25, 0.3) is 0 Å². The zero-order valence-electron chi connectivity index (χ0n) is 19.5. The predicted octanol–water partition coefficient (Wildman–Crippen LogP) is 5.73. The third-order valence-electron chi connectivity index (χ3n) is 7.74. The quantitative estimate of drug-likeness (QED) is 0.453. The second kappa shape index (κ2) is 8.64. The Hall–Kier alpha value is -2.90. The lowest BCUT2D eigenvalue weighted by atomic mass is 10.0. The highest BCUT2D eigenvalue weighted by molar-refractivity contribution is 6.32. The first-order valence-corrected chi connectivity index (χ1v) is 12.5. The second-order valence-corrected chi connectivity index (χ2v) is 10.4. The number of benzene rings is 2. The van der Waals surface area contributed by atoms with E-state index in [-0.39, 0.29) is 17.7 Å². The van der Waals surface area contributed by atoms with Crippen molar-refractivity contribution in [2.75, 3.05) is 11.4 Å². The van der Waals surface area contributed by atoms with Crippen LogP contribution in [0, 0.1) is 18.7 Å². The molecule has 2 saturated carbocycles. The lowest BCUT2D eigenvalue weighted by Gasteiger charge is -2.33. The fraction of sp³-hybridized carbons (Fsp3) is 0.407. The van der Waals surface area contributed by atoms with Crippen LogP contribution in [0.2, 0.25) is 5.02 Å². The molecular formula is C27H27ClFN3O3. The van der Waals surface area contributed by atoms with Gasteiger partial charge in [-0.15, -0.1) is 0 Å². The maximum absolute atomic E-state index is 14.2. The van der Waals surface area contributed by atoms with Crippen LogP contribution in [0.4, 0.5) is 10.1 Å². The van der Waals surface area contributed by atoms with Gasteiger partial charge in [0, 0.05) is 24.2 Å². The smallest absolute Gasteiger partial charge is 0.338 e. The SMILES string of the molecule is Cc1cccc(Cl)c1-n1ncc(C2CC2)c1CO[C@@H]1C[C@@H]2C[C@H]1CN2c1ccc(C(=O)O)c(F)c1. The number of piperidine rings is 1. The minimum Gasteiger partial charge on any atom is -0.478 e. The number of rotatable bonds is 7. The summed E-state index contributed by atoms with van der Waals surface area (Å²) in [6.07, 6.45) is 6.32. The molecule has 6 nitrogen and oxygen atoms in total. The number of carboxylic acid groups (broad SMARTS) is 1. The highest BCUT2D eigenvalue weighted by Crippen LogP contribution is 2.45. The largest absolute Gasteiger partial charge is 0.478 e. The standard InChI is InChI=1S/C27H27ClFN3O3/c1-15-3-2-4-22(28)26(15)32-24(21(12-30-32)16-5-6-16)14-35-25-11-19-9-17(25)13-31(19)18-7-8-20(27(33)34)23(29)10-18/h2-4,7-8,10,12,16-17,19,25H,5-6,9,11,13-14H2,1H3,(H,33,34)/t17-,19-,25+/m0/s1. The lowest BCUT2D eigenvalue weighted by molar-refractivity contribution is 0.00992. The van der Waals surface area contributed by atoms with Gasteiger partial charge in [-0.05, 0) is 73.9 Å². The number of halogens is 2. The number of aromatic nitrogens is 2. The molecule has 3 atom stereocenters. The minimum atomic E-state index is -1.25. The van der Waals surface area contributed by atoms with Gasteiger partial charge in [0.2, 0.25) is 0 Å². The van der Waals surface area contributed by atoms with E-state index in [0.717, 1.165) is 42.0 Å². The topological polar surface area (TPSA) is 67.6 Å². The molecule has 0 amide bonds. The van der Waals surface area contributed by atoms with E-state index in [1.165, 1.54) is 30.5 Å². The van der Waals surface area contributed by atoms with Gasteiger partial charge in [-0.1, -0.05) is 23.7 Å². The van der Waals surface area contributed by atoms with Gasteiger partial charge in [0.1, 0.15) is 5.82 Å². The van der Waals surface area contributed by atoms with Crippen LogP contribution in [0.1, 0.15) is 58.8 Å². The number of nitrogens with zero attached hydrogens (tertiary/aromatic N) is 3. The van der Waals surface area contributed by atoms with Gasteiger partial charge in [-0.25, -0.2) is 13.9 Å². The van der Waals surface area contributed by atoms with Crippen LogP contribution in [0.15, 0.2) is 42.6 Å². The molecule has 0 radical (unpaired) electrons. The predicted molar refractivity (Wildman–Crippen MR) is 131 cm³/mol. The Balaban J connectivity index is 1.18. The van der Waals surface area contributed by atoms with Gasteiger partial charge >= 0.3 is 5.97 Å². The van der Waals surface area contributed by atoms with E-state index in [1.54, 1.807) is 6.07 Å². The monoisotopic (exact) mass is 495 g/mol. The molecule has 3 aromatic rings. The van der Waals surface area contributed by atoms with Crippen LogP contribution in [0.25, 0.3) is 5.69 Å². The van der Waals surface area contributed by atoms with E-state index in [0.29, 0.717) is 23.5 Å². The molecule has 2 bridgehead atoms. The van der Waals surface area contributed by atoms with Crippen molar-refractivity contribution in [3.05, 3.63) is 75.8 Å². The summed E-state index contributed by atoms with van der Waals surface area (Å²) in [6, 6.07) is 10.5. The van der Waals surface area contributed by atoms with Crippen molar-refractivity contribution in [3.63, 3.8) is 0 Å². The number of aromatic carboxylic acids is 1. The first-order valence-electron chi connectivity index (χ1n) is 12.1. The Labute approximate surface area is 208 Å². The van der Waals surface area contributed by atoms with Crippen molar-refractivity contribution in [2.24, 2.45) is 5.92 Å². The van der Waals surface area contributed by atoms with Gasteiger partial charge in [-0.3, -0.25) is 0 Å². The third kappa shape index (κ3) is 4.00. The zero-order valence-corrected chi connectivity index (χ0v) is 20.2. The van der Waals surface area contributed by atoms with Gasteiger partial charge in [0.05, 0.1) is 40.9 Å². The van der Waals surface area contributed by atoms with E-state index in [2.05, 4.69) is 4.90 Å². The molecule has 2 aliphatic carbocycles. The first-order chi connectivity index (χ1) is 16.9. The molecule has 1 aliphatic heterocycles. The van der Waals surface area contributed by atoms with Crippen molar-refractivity contribution in [1.82, 2.24) is 9.78 Å². The Morgan fingerprint density at radius 3 is 2.74 bits per heavy atom. The van der Waals surface area contributed by atoms with Crippen molar-refractivity contribution >= 4 is 23.3 Å². The van der Waals surface area contributed by atoms with Crippen LogP contribution < -0.4 is 4.90 Å². The molecule has 35 heavy (non-hydrogen) atoms. The molecule has 1 saturated heterocycles. The van der Waals surface area contributed by atoms with Gasteiger partial charge < -0.3 is 14.7 Å². The number of hydrogen-bond donors (Lipinski definition) is 1. The molecule has 0 spiro atoms. The van der Waals surface area contributed by atoms with E-state index in [9.17, 15) is 9.18 Å². The number of carbonyl (C=O) groups is 1. The normalized spacial score (nSPS) is 23.3. The Kier molecular flexibility index (Phi) is 5.57. The summed E-state index contributed by atoms with van der Waals surface area (Å²) in [7, 11) is 0. The van der Waals surface area contributed by atoms with E-state index in [4.69, 9.17) is 26.5 Å². The fourth-order valence-corrected chi connectivity index (χ4v) is 6.12. The number of para-hydroxylation sites is 1. The van der Waals surface area contributed by atoms with Crippen molar-refractivity contribution in [3.8, 4) is 5.69 Å². The molecule has 182 valence electrons. The maximum Gasteiger partial charge on any atom is 0.338 e. The van der Waals surface area contributed by atoms with Crippen molar-refractivity contribution < 1.29 is 19.0 Å². The molecule has 1 aromatic heterocycles. The van der Waals surface area contributed by atoms with Crippen LogP contribution >= 0.6 is 11.6 Å². The number of hydrogen-bond acceptors (Lipinski definition) is 4. The van der Waals surface area contributed by atoms with E-state index in [1.807, 2.05) is 36.0 Å². The Morgan fingerprint density at radius 1 is 1.26 bits per heavy atom.